The van der Waals surface area contributed by atoms with Crippen LogP contribution in [0.5, 0.6) is 0 Å². The van der Waals surface area contributed by atoms with Gasteiger partial charge in [0.1, 0.15) is 0 Å². The summed E-state index contributed by atoms with van der Waals surface area (Å²) in [6, 6.07) is 0. The Morgan fingerprint density at radius 3 is 1.00 bits per heavy atom. The van der Waals surface area contributed by atoms with E-state index in [9.17, 15) is 0 Å². The van der Waals surface area contributed by atoms with Crippen LogP contribution in [0, 0.1) is 0 Å². The predicted octanol–water partition coefficient (Wildman–Crippen LogP) is -2.50. The first-order valence-corrected chi connectivity index (χ1v) is 3.67. The molecule has 0 atom stereocenters. The van der Waals surface area contributed by atoms with Crippen LogP contribution in [0.4, 0.5) is 0 Å². The zero-order valence-corrected chi connectivity index (χ0v) is 5.22. The van der Waals surface area contributed by atoms with E-state index in [1.54, 1.807) is 0 Å². The molecule has 0 saturated carbocycles. The molecule has 0 N–H and O–H groups in total. The maximum atomic E-state index is 2.19. The van der Waals surface area contributed by atoms with E-state index in [1.807, 2.05) is 0 Å². The Kier molecular flexibility index (Phi) is 9.24. The SMILES string of the molecule is C[S+](C)C.[Li+]. The zero-order valence-electron chi connectivity index (χ0n) is 4.41. The van der Waals surface area contributed by atoms with Crippen LogP contribution in [0.2, 0.25) is 0 Å². The van der Waals surface area contributed by atoms with Crippen molar-refractivity contribution in [2.45, 2.75) is 0 Å². The second-order valence-corrected chi connectivity index (χ2v) is 3.67. The summed E-state index contributed by atoms with van der Waals surface area (Å²) in [5.41, 5.74) is 0. The molecule has 2 heteroatoms. The summed E-state index contributed by atoms with van der Waals surface area (Å²) in [6.07, 6.45) is 6.58. The molecule has 0 fully saturated rings. The summed E-state index contributed by atoms with van der Waals surface area (Å²) in [6.45, 7) is 0. The molecule has 0 spiro atoms. The first kappa shape index (κ1) is 9.34. The minimum atomic E-state index is 0. The monoisotopic (exact) mass is 84.1 g/mol. The van der Waals surface area contributed by atoms with Crippen molar-refractivity contribution >= 4 is 10.9 Å². The molecule has 5 heavy (non-hydrogen) atoms. The Morgan fingerprint density at radius 1 is 1.00 bits per heavy atom. The molecule has 0 aromatic rings. The number of hydrogen-bond donors (Lipinski definition) is 0. The van der Waals surface area contributed by atoms with Gasteiger partial charge in [0.2, 0.25) is 0 Å². The molecule has 26 valence electrons. The van der Waals surface area contributed by atoms with Gasteiger partial charge in [0.05, 0.1) is 18.8 Å². The molecular formula is C3H9LiS+2. The first-order chi connectivity index (χ1) is 1.73. The fourth-order valence-electron chi connectivity index (χ4n) is 0. The molecule has 0 nitrogen and oxygen atoms in total. The van der Waals surface area contributed by atoms with Gasteiger partial charge in [-0.25, -0.2) is 0 Å². The molecule has 0 radical (unpaired) electrons. The van der Waals surface area contributed by atoms with Crippen LogP contribution in [0.3, 0.4) is 0 Å². The van der Waals surface area contributed by atoms with Crippen LogP contribution in [-0.2, 0) is 10.9 Å². The summed E-state index contributed by atoms with van der Waals surface area (Å²) in [5, 5.41) is 0. The summed E-state index contributed by atoms with van der Waals surface area (Å²) >= 11 is 0. The predicted molar refractivity (Wildman–Crippen MR) is 25.1 cm³/mol. The van der Waals surface area contributed by atoms with Gasteiger partial charge in [0.25, 0.3) is 0 Å². The van der Waals surface area contributed by atoms with Crippen molar-refractivity contribution < 1.29 is 18.9 Å². The van der Waals surface area contributed by atoms with Gasteiger partial charge in [-0.1, -0.05) is 0 Å². The molecule has 0 amide bonds. The van der Waals surface area contributed by atoms with E-state index in [2.05, 4.69) is 18.8 Å². The second-order valence-electron chi connectivity index (χ2n) is 1.22. The third-order valence-corrected chi connectivity index (χ3v) is 0. The van der Waals surface area contributed by atoms with E-state index in [1.165, 1.54) is 0 Å². The van der Waals surface area contributed by atoms with Gasteiger partial charge in [0.15, 0.2) is 0 Å². The number of hydrogen-bond acceptors (Lipinski definition) is 0. The third kappa shape index (κ3) is 47.9. The van der Waals surface area contributed by atoms with Crippen molar-refractivity contribution in [3.05, 3.63) is 0 Å². The average molecular weight is 84.1 g/mol. The second kappa shape index (κ2) is 4.95. The molecule has 0 heterocycles. The maximum Gasteiger partial charge on any atom is 1.00 e. The van der Waals surface area contributed by atoms with Crippen molar-refractivity contribution in [2.75, 3.05) is 18.8 Å². The Balaban J connectivity index is 0. The van der Waals surface area contributed by atoms with E-state index in [0.717, 1.165) is 0 Å². The Bertz CT molecular complexity index is 11.6. The van der Waals surface area contributed by atoms with Crippen molar-refractivity contribution in [3.8, 4) is 0 Å². The third-order valence-electron chi connectivity index (χ3n) is 0. The molecule has 0 rings (SSSR count). The van der Waals surface area contributed by atoms with Gasteiger partial charge in [-0.05, 0) is 10.9 Å². The van der Waals surface area contributed by atoms with Gasteiger partial charge < -0.3 is 0 Å². The smallest absolute Gasteiger partial charge is 0.0219 e. The quantitative estimate of drug-likeness (QED) is 0.225. The van der Waals surface area contributed by atoms with Gasteiger partial charge >= 0.3 is 18.9 Å². The number of rotatable bonds is 0. The van der Waals surface area contributed by atoms with E-state index < -0.39 is 0 Å². The molecule has 0 aromatic carbocycles. The van der Waals surface area contributed by atoms with Crippen LogP contribution in [0.25, 0.3) is 0 Å². The summed E-state index contributed by atoms with van der Waals surface area (Å²) in [4.78, 5) is 0. The molecule has 0 bridgehead atoms. The van der Waals surface area contributed by atoms with Gasteiger partial charge in [-0.15, -0.1) is 0 Å². The van der Waals surface area contributed by atoms with Crippen LogP contribution in [-0.4, -0.2) is 18.8 Å². The van der Waals surface area contributed by atoms with E-state index in [0.29, 0.717) is 10.9 Å². The van der Waals surface area contributed by atoms with Gasteiger partial charge in [-0.3, -0.25) is 0 Å². The summed E-state index contributed by atoms with van der Waals surface area (Å²) in [7, 11) is 0.639. The summed E-state index contributed by atoms with van der Waals surface area (Å²) in [5.74, 6) is 0. The maximum absolute atomic E-state index is 2.19. The Hall–Kier alpha value is 0.947. The van der Waals surface area contributed by atoms with E-state index in [-0.39, 0.29) is 18.9 Å². The largest absolute Gasteiger partial charge is 1.00 e. The standard InChI is InChI=1S/C3H9S.Li/c1-4(2)3;/h1-3H3;/q2*+1. The molecule has 0 aromatic heterocycles. The topological polar surface area (TPSA) is 0 Å². The molecular weight excluding hydrogens is 75.0 g/mol. The van der Waals surface area contributed by atoms with Crippen LogP contribution in [0.1, 0.15) is 0 Å². The Morgan fingerprint density at radius 2 is 1.00 bits per heavy atom. The van der Waals surface area contributed by atoms with Crippen molar-refractivity contribution in [1.29, 1.82) is 0 Å². The fraction of sp³-hybridized carbons (Fsp3) is 1.00. The molecule has 0 aliphatic heterocycles. The fourth-order valence-corrected chi connectivity index (χ4v) is 0. The Labute approximate surface area is 48.9 Å². The van der Waals surface area contributed by atoms with Crippen molar-refractivity contribution in [1.82, 2.24) is 0 Å². The van der Waals surface area contributed by atoms with E-state index in [4.69, 9.17) is 0 Å². The minimum absolute atomic E-state index is 0. The van der Waals surface area contributed by atoms with E-state index >= 15 is 0 Å². The normalized spacial score (nSPS) is 7.20. The average Bonchev–Trinajstić information content (AvgIpc) is 0.811. The van der Waals surface area contributed by atoms with Gasteiger partial charge in [0, 0.05) is 0 Å². The van der Waals surface area contributed by atoms with Crippen molar-refractivity contribution in [3.63, 3.8) is 0 Å². The summed E-state index contributed by atoms with van der Waals surface area (Å²) < 4.78 is 0. The van der Waals surface area contributed by atoms with Crippen molar-refractivity contribution in [2.24, 2.45) is 0 Å². The van der Waals surface area contributed by atoms with Crippen LogP contribution >= 0.6 is 0 Å². The zero-order chi connectivity index (χ0) is 3.58. The van der Waals surface area contributed by atoms with Gasteiger partial charge in [-0.2, -0.15) is 0 Å². The molecule has 0 aliphatic rings. The molecule has 0 unspecified atom stereocenters. The first-order valence-electron chi connectivity index (χ1n) is 1.22. The van der Waals surface area contributed by atoms with Crippen LogP contribution in [0.15, 0.2) is 0 Å². The minimum Gasteiger partial charge on any atom is -0.0219 e. The molecule has 0 aliphatic carbocycles. The van der Waals surface area contributed by atoms with Crippen LogP contribution < -0.4 is 18.9 Å². The molecule has 0 saturated heterocycles.